The molecule has 2 aromatic rings. The Morgan fingerprint density at radius 1 is 1.24 bits per heavy atom. The van der Waals surface area contributed by atoms with Gasteiger partial charge in [0.15, 0.2) is 0 Å². The van der Waals surface area contributed by atoms with E-state index in [1.165, 1.54) is 5.56 Å². The Balaban J connectivity index is 1.84. The average Bonchev–Trinajstić information content (AvgIpc) is 3.01. The number of rotatable bonds is 3. The molecule has 1 aromatic heterocycles. The number of aromatic nitrogens is 2. The van der Waals surface area contributed by atoms with Crippen LogP contribution in [0.2, 0.25) is 0 Å². The van der Waals surface area contributed by atoms with Crippen molar-refractivity contribution in [2.45, 2.75) is 32.7 Å². The van der Waals surface area contributed by atoms with Gasteiger partial charge < -0.3 is 0 Å². The van der Waals surface area contributed by atoms with Gasteiger partial charge >= 0.3 is 130 Å². The first-order valence-electron chi connectivity index (χ1n) is 6.93. The summed E-state index contributed by atoms with van der Waals surface area (Å²) in [5.41, 5.74) is 5.46. The van der Waals surface area contributed by atoms with Crippen molar-refractivity contribution in [1.82, 2.24) is 9.78 Å². The molecule has 0 fully saturated rings. The van der Waals surface area contributed by atoms with Crippen molar-refractivity contribution in [3.05, 3.63) is 35.7 Å². The fourth-order valence-corrected chi connectivity index (χ4v) is 3.59. The van der Waals surface area contributed by atoms with Crippen LogP contribution in [0.15, 0.2) is 32.3 Å². The van der Waals surface area contributed by atoms with Crippen LogP contribution in [0.25, 0.3) is 0 Å². The summed E-state index contributed by atoms with van der Waals surface area (Å²) in [5, 5.41) is 8.09. The van der Waals surface area contributed by atoms with Crippen molar-refractivity contribution in [2.24, 2.45) is 15.0 Å². The third-order valence-electron chi connectivity index (χ3n) is 3.37. The summed E-state index contributed by atoms with van der Waals surface area (Å²) < 4.78 is 10.8. The summed E-state index contributed by atoms with van der Waals surface area (Å²) in [6.45, 7) is 7.32. The van der Waals surface area contributed by atoms with Gasteiger partial charge in [0.05, 0.1) is 0 Å². The van der Waals surface area contributed by atoms with Gasteiger partial charge in [-0.2, -0.15) is 0 Å². The number of benzene rings is 1. The van der Waals surface area contributed by atoms with Crippen LogP contribution >= 0.6 is 0 Å². The van der Waals surface area contributed by atoms with E-state index in [9.17, 15) is 0 Å². The van der Waals surface area contributed by atoms with Crippen molar-refractivity contribution in [2.75, 3.05) is 5.32 Å². The zero-order valence-corrected chi connectivity index (χ0v) is 14.4. The molecular weight excluding hydrogens is 329 g/mol. The standard InChI is InChI=1S/C15H19N5Se/c1-15(2,3)14-10(9-20(4)17-14)8-16-11-6-5-7-12-13(11)19-21-18-12/h5-7,9,16H,8H2,1-4H3. The van der Waals surface area contributed by atoms with Gasteiger partial charge in [-0.1, -0.05) is 0 Å². The Bertz CT molecular complexity index is 748. The molecule has 0 saturated heterocycles. The first kappa shape index (κ1) is 14.3. The van der Waals surface area contributed by atoms with Gasteiger partial charge in [-0.25, -0.2) is 0 Å². The molecule has 0 radical (unpaired) electrons. The maximum absolute atomic E-state index is 4.60. The van der Waals surface area contributed by atoms with Gasteiger partial charge in [0.1, 0.15) is 0 Å². The van der Waals surface area contributed by atoms with Crippen molar-refractivity contribution in [1.29, 1.82) is 0 Å². The molecule has 0 saturated carbocycles. The fraction of sp³-hybridized carbons (Fsp3) is 0.400. The molecule has 1 aliphatic heterocycles. The summed E-state index contributed by atoms with van der Waals surface area (Å²) in [6.07, 6.45) is 2.09. The second kappa shape index (κ2) is 5.28. The van der Waals surface area contributed by atoms with Crippen LogP contribution in [0.5, 0.6) is 0 Å². The molecule has 1 aromatic carbocycles. The molecule has 0 bridgehead atoms. The normalized spacial score (nSPS) is 13.1. The summed E-state index contributed by atoms with van der Waals surface area (Å²) in [6, 6.07) is 6.10. The zero-order valence-electron chi connectivity index (χ0n) is 12.7. The predicted octanol–water partition coefficient (Wildman–Crippen LogP) is 3.68. The topological polar surface area (TPSA) is 54.6 Å². The minimum absolute atomic E-state index is 0.00495. The Kier molecular flexibility index (Phi) is 3.59. The predicted molar refractivity (Wildman–Crippen MR) is 85.6 cm³/mol. The van der Waals surface area contributed by atoms with Crippen molar-refractivity contribution >= 4 is 31.6 Å². The second-order valence-electron chi connectivity index (χ2n) is 6.22. The first-order valence-corrected chi connectivity index (χ1v) is 8.46. The summed E-state index contributed by atoms with van der Waals surface area (Å²) in [4.78, 5) is 0. The van der Waals surface area contributed by atoms with Crippen LogP contribution in [0, 0.1) is 0 Å². The van der Waals surface area contributed by atoms with E-state index in [1.807, 2.05) is 23.9 Å². The molecular formula is C15H19N5Se. The Morgan fingerprint density at radius 3 is 2.81 bits per heavy atom. The van der Waals surface area contributed by atoms with Crippen molar-refractivity contribution < 1.29 is 0 Å². The Morgan fingerprint density at radius 2 is 2.05 bits per heavy atom. The van der Waals surface area contributed by atoms with E-state index in [2.05, 4.69) is 51.4 Å². The Labute approximate surface area is 130 Å². The van der Waals surface area contributed by atoms with Gasteiger partial charge in [0, 0.05) is 0 Å². The number of hydrogen-bond acceptors (Lipinski definition) is 4. The summed E-state index contributed by atoms with van der Waals surface area (Å²) in [5.74, 6) is 0. The van der Waals surface area contributed by atoms with Gasteiger partial charge in [0.2, 0.25) is 0 Å². The Hall–Kier alpha value is -1.65. The van der Waals surface area contributed by atoms with Crippen molar-refractivity contribution in [3.8, 4) is 0 Å². The maximum atomic E-state index is 4.60. The van der Waals surface area contributed by atoms with Gasteiger partial charge in [-0.05, 0) is 0 Å². The molecule has 0 atom stereocenters. The van der Waals surface area contributed by atoms with E-state index in [0.29, 0.717) is 0 Å². The first-order chi connectivity index (χ1) is 9.95. The van der Waals surface area contributed by atoms with Crippen LogP contribution in [-0.4, -0.2) is 24.3 Å². The summed E-state index contributed by atoms with van der Waals surface area (Å²) in [7, 11) is 1.97. The SMILES string of the molecule is Cn1cc(CNc2cccc3c2N=[Se]=N3)c(C(C)(C)C)n1. The number of hydrogen-bond donors (Lipinski definition) is 1. The zero-order chi connectivity index (χ0) is 15.0. The molecule has 1 N–H and O–H groups in total. The van der Waals surface area contributed by atoms with Crippen LogP contribution in [0.3, 0.4) is 0 Å². The van der Waals surface area contributed by atoms with Gasteiger partial charge in [-0.3, -0.25) is 0 Å². The molecule has 110 valence electrons. The van der Waals surface area contributed by atoms with Gasteiger partial charge in [-0.15, -0.1) is 0 Å². The second-order valence-corrected chi connectivity index (χ2v) is 7.33. The number of anilines is 1. The number of nitrogens with zero attached hydrogens (tertiary/aromatic N) is 4. The fourth-order valence-electron chi connectivity index (χ4n) is 2.44. The van der Waals surface area contributed by atoms with Crippen LogP contribution < -0.4 is 5.32 Å². The average molecular weight is 348 g/mol. The quantitative estimate of drug-likeness (QED) is 0.734. The van der Waals surface area contributed by atoms with E-state index < -0.39 is 0 Å². The third kappa shape index (κ3) is 2.87. The molecule has 21 heavy (non-hydrogen) atoms. The third-order valence-corrected chi connectivity index (χ3v) is 4.51. The van der Waals surface area contributed by atoms with E-state index >= 15 is 0 Å². The number of nitrogens with one attached hydrogen (secondary N) is 1. The van der Waals surface area contributed by atoms with E-state index in [4.69, 9.17) is 0 Å². The van der Waals surface area contributed by atoms with E-state index in [0.717, 1.165) is 29.3 Å². The number of aryl methyl sites for hydroxylation is 1. The van der Waals surface area contributed by atoms with Crippen LogP contribution in [0.1, 0.15) is 32.0 Å². The van der Waals surface area contributed by atoms with E-state index in [-0.39, 0.29) is 20.0 Å². The monoisotopic (exact) mass is 349 g/mol. The van der Waals surface area contributed by atoms with Gasteiger partial charge in [0.25, 0.3) is 0 Å². The molecule has 1 aliphatic rings. The molecule has 2 heterocycles. The molecule has 3 rings (SSSR count). The van der Waals surface area contributed by atoms with Crippen LogP contribution in [0.4, 0.5) is 17.1 Å². The molecule has 5 nitrogen and oxygen atoms in total. The molecule has 0 spiro atoms. The molecule has 0 aliphatic carbocycles. The van der Waals surface area contributed by atoms with Crippen LogP contribution in [-0.2, 0) is 19.0 Å². The molecule has 0 amide bonds. The molecule has 6 heteroatoms. The van der Waals surface area contributed by atoms with E-state index in [1.54, 1.807) is 0 Å². The summed E-state index contributed by atoms with van der Waals surface area (Å²) >= 11 is 0.00495. The molecule has 0 unspecified atom stereocenters. The van der Waals surface area contributed by atoms with Crippen molar-refractivity contribution in [3.63, 3.8) is 0 Å². The number of fused-ring (bicyclic) bond motifs is 1. The minimum atomic E-state index is 0.00495.